The molecule has 0 radical (unpaired) electrons. The number of fused-ring (bicyclic) bond motifs is 1. The Morgan fingerprint density at radius 1 is 1.26 bits per heavy atom. The highest BCUT2D eigenvalue weighted by atomic mass is 35.5. The van der Waals surface area contributed by atoms with Crippen molar-refractivity contribution < 1.29 is 0 Å². The summed E-state index contributed by atoms with van der Waals surface area (Å²) in [5.74, 6) is 0.428. The van der Waals surface area contributed by atoms with Crippen LogP contribution in [0.25, 0.3) is 0 Å². The summed E-state index contributed by atoms with van der Waals surface area (Å²) in [4.78, 5) is 4.26. The molecule has 98 valence electrons. The summed E-state index contributed by atoms with van der Waals surface area (Å²) in [5.41, 5.74) is 1.42. The Kier molecular flexibility index (Phi) is 2.93. The highest BCUT2D eigenvalue weighted by Gasteiger charge is 2.38. The number of nitrogens with one attached hydrogen (secondary N) is 1. The summed E-state index contributed by atoms with van der Waals surface area (Å²) < 4.78 is -0.580. The maximum absolute atomic E-state index is 13.4. The van der Waals surface area contributed by atoms with Crippen LogP contribution in [-0.4, -0.2) is 17.6 Å². The van der Waals surface area contributed by atoms with Gasteiger partial charge in [0, 0.05) is 0 Å². The highest BCUT2D eigenvalue weighted by Crippen LogP contribution is 2.42. The van der Waals surface area contributed by atoms with Crippen LogP contribution in [0.15, 0.2) is 42.5 Å². The van der Waals surface area contributed by atoms with E-state index < -0.39 is 4.65 Å². The van der Waals surface area contributed by atoms with E-state index in [9.17, 15) is 5.21 Å². The van der Waals surface area contributed by atoms with E-state index >= 15 is 0 Å². The zero-order chi connectivity index (χ0) is 13.5. The Morgan fingerprint density at radius 2 is 2.00 bits per heavy atom. The van der Waals surface area contributed by atoms with Gasteiger partial charge in [-0.05, 0) is 31.2 Å². The normalized spacial score (nSPS) is 25.5. The number of hydrogen-bond acceptors (Lipinski definition) is 3. The number of hydrogen-bond donors (Lipinski definition) is 1. The number of halogens is 1. The van der Waals surface area contributed by atoms with Crippen LogP contribution in [0, 0.1) is 5.21 Å². The van der Waals surface area contributed by atoms with Gasteiger partial charge in [-0.15, -0.1) is 0 Å². The van der Waals surface area contributed by atoms with Gasteiger partial charge in [0.05, 0.1) is 6.54 Å². The van der Waals surface area contributed by atoms with Crippen LogP contribution in [0.4, 0.5) is 17.2 Å². The second-order valence-corrected chi connectivity index (χ2v) is 5.12. The van der Waals surface area contributed by atoms with Gasteiger partial charge in [-0.3, -0.25) is 4.65 Å². The molecule has 2 aromatic rings. The summed E-state index contributed by atoms with van der Waals surface area (Å²) in [6.07, 6.45) is 0. The van der Waals surface area contributed by atoms with Crippen LogP contribution < -0.4 is 9.96 Å². The third kappa shape index (κ3) is 1.89. The van der Waals surface area contributed by atoms with Crippen LogP contribution in [-0.2, 0) is 0 Å². The molecule has 2 unspecified atom stereocenters. The Morgan fingerprint density at radius 3 is 2.74 bits per heavy atom. The predicted octanol–water partition coefficient (Wildman–Crippen LogP) is 3.69. The lowest BCUT2D eigenvalue weighted by atomic mass is 10.1. The quantitative estimate of drug-likeness (QED) is 0.491. The summed E-state index contributed by atoms with van der Waals surface area (Å²) in [6.45, 7) is 2.52. The molecule has 19 heavy (non-hydrogen) atoms. The smallest absolute Gasteiger partial charge is 0.258 e. The third-order valence-electron chi connectivity index (χ3n) is 3.50. The van der Waals surface area contributed by atoms with Crippen molar-refractivity contribution in [3.05, 3.63) is 52.8 Å². The van der Waals surface area contributed by atoms with Crippen molar-refractivity contribution in [2.45, 2.75) is 13.0 Å². The highest BCUT2D eigenvalue weighted by molar-refractivity contribution is 6.29. The van der Waals surface area contributed by atoms with E-state index in [1.807, 2.05) is 43.3 Å². The second-order valence-electron chi connectivity index (χ2n) is 4.73. The molecule has 3 rings (SSSR count). The lowest BCUT2D eigenvalue weighted by Gasteiger charge is -2.48. The minimum absolute atomic E-state index is 0.166. The number of aromatic nitrogens is 1. The van der Waals surface area contributed by atoms with Gasteiger partial charge in [0.15, 0.2) is 0 Å². The summed E-state index contributed by atoms with van der Waals surface area (Å²) in [6, 6.07) is 12.6. The molecule has 2 atom stereocenters. The van der Waals surface area contributed by atoms with Crippen molar-refractivity contribution in [3.63, 3.8) is 0 Å². The third-order valence-corrected chi connectivity index (χ3v) is 3.71. The summed E-state index contributed by atoms with van der Waals surface area (Å²) >= 11 is 5.95. The van der Waals surface area contributed by atoms with Gasteiger partial charge in [-0.2, -0.15) is 4.98 Å². The number of pyridine rings is 1. The first-order chi connectivity index (χ1) is 9.12. The molecular weight excluding hydrogens is 262 g/mol. The molecule has 0 spiro atoms. The Bertz CT molecular complexity index is 605. The van der Waals surface area contributed by atoms with Crippen LogP contribution in [0.3, 0.4) is 0 Å². The lowest BCUT2D eigenvalue weighted by molar-refractivity contribution is 0.389. The van der Waals surface area contributed by atoms with E-state index in [1.165, 1.54) is 0 Å². The van der Waals surface area contributed by atoms with Crippen molar-refractivity contribution in [2.75, 3.05) is 11.9 Å². The second kappa shape index (κ2) is 4.49. The van der Waals surface area contributed by atoms with Gasteiger partial charge in [0.1, 0.15) is 22.6 Å². The molecule has 5 heteroatoms. The fourth-order valence-corrected chi connectivity index (χ4v) is 2.58. The van der Waals surface area contributed by atoms with Gasteiger partial charge in [0.25, 0.3) is 5.82 Å². The van der Waals surface area contributed by atoms with Crippen molar-refractivity contribution in [2.24, 2.45) is 0 Å². The molecule has 1 aliphatic rings. The monoisotopic (exact) mass is 275 g/mol. The van der Waals surface area contributed by atoms with Crippen LogP contribution in [0.2, 0.25) is 5.15 Å². The molecule has 1 aromatic heterocycles. The van der Waals surface area contributed by atoms with E-state index in [1.54, 1.807) is 6.07 Å². The van der Waals surface area contributed by atoms with Crippen LogP contribution in [0.1, 0.15) is 6.92 Å². The number of quaternary nitrogens is 1. The number of para-hydroxylation sites is 1. The molecule has 1 N–H and O–H groups in total. The first-order valence-electron chi connectivity index (χ1n) is 6.18. The van der Waals surface area contributed by atoms with Crippen LogP contribution >= 0.6 is 11.6 Å². The number of benzene rings is 1. The van der Waals surface area contributed by atoms with Crippen molar-refractivity contribution >= 4 is 28.8 Å². The molecule has 1 aliphatic heterocycles. The van der Waals surface area contributed by atoms with E-state index in [0.29, 0.717) is 23.2 Å². The molecule has 0 saturated heterocycles. The average molecular weight is 276 g/mol. The molecule has 0 fully saturated rings. The standard InChI is InChI=1S/C14H14ClN3O/c1-10-9-16-12-7-8-13(15)17-14(12)18(10,19)11-5-3-2-4-6-11/h2-8,10,16H,9H2,1H3. The van der Waals surface area contributed by atoms with Crippen molar-refractivity contribution in [1.29, 1.82) is 0 Å². The zero-order valence-electron chi connectivity index (χ0n) is 10.5. The Labute approximate surface area is 116 Å². The number of anilines is 1. The molecule has 2 heterocycles. The van der Waals surface area contributed by atoms with Crippen molar-refractivity contribution in [3.8, 4) is 0 Å². The Hall–Kier alpha value is -1.62. The maximum Gasteiger partial charge on any atom is 0.258 e. The van der Waals surface area contributed by atoms with E-state index in [4.69, 9.17) is 11.6 Å². The largest absolute Gasteiger partial charge is 0.620 e. The molecule has 1 aromatic carbocycles. The molecule has 0 bridgehead atoms. The summed E-state index contributed by atoms with van der Waals surface area (Å²) in [5, 5.41) is 17.0. The lowest BCUT2D eigenvalue weighted by Crippen LogP contribution is -2.52. The molecule has 4 nitrogen and oxygen atoms in total. The molecular formula is C14H14ClN3O. The number of hydroxylamine groups is 1. The van der Waals surface area contributed by atoms with E-state index in [2.05, 4.69) is 10.3 Å². The molecule has 0 aliphatic carbocycles. The van der Waals surface area contributed by atoms with Gasteiger partial charge in [0.2, 0.25) is 0 Å². The molecule has 0 amide bonds. The predicted molar refractivity (Wildman–Crippen MR) is 78.5 cm³/mol. The zero-order valence-corrected chi connectivity index (χ0v) is 11.3. The number of nitrogens with zero attached hydrogens (tertiary/aromatic N) is 2. The minimum Gasteiger partial charge on any atom is -0.620 e. The summed E-state index contributed by atoms with van der Waals surface area (Å²) in [7, 11) is 0. The van der Waals surface area contributed by atoms with Gasteiger partial charge in [-0.1, -0.05) is 29.8 Å². The van der Waals surface area contributed by atoms with Crippen molar-refractivity contribution in [1.82, 2.24) is 9.63 Å². The Balaban J connectivity index is 2.23. The van der Waals surface area contributed by atoms with Gasteiger partial charge >= 0.3 is 0 Å². The maximum atomic E-state index is 13.4. The minimum atomic E-state index is -0.580. The van der Waals surface area contributed by atoms with E-state index in [-0.39, 0.29) is 6.04 Å². The number of rotatable bonds is 1. The molecule has 0 saturated carbocycles. The fourth-order valence-electron chi connectivity index (χ4n) is 2.44. The first-order valence-corrected chi connectivity index (χ1v) is 6.56. The van der Waals surface area contributed by atoms with Gasteiger partial charge in [-0.25, -0.2) is 0 Å². The van der Waals surface area contributed by atoms with Crippen LogP contribution in [0.5, 0.6) is 0 Å². The SMILES string of the molecule is CC1CNc2ccc(Cl)nc2[N+]1([O-])c1ccccc1. The van der Waals surface area contributed by atoms with E-state index in [0.717, 1.165) is 5.69 Å². The average Bonchev–Trinajstić information content (AvgIpc) is 2.44. The first kappa shape index (κ1) is 12.4. The topological polar surface area (TPSA) is 48.0 Å². The fraction of sp³-hybridized carbons (Fsp3) is 0.214. The van der Waals surface area contributed by atoms with Gasteiger partial charge < -0.3 is 10.5 Å².